The third-order valence-corrected chi connectivity index (χ3v) is 9.26. The summed E-state index contributed by atoms with van der Waals surface area (Å²) < 4.78 is 6.74. The summed E-state index contributed by atoms with van der Waals surface area (Å²) in [5.74, 6) is 0.413. The lowest BCUT2D eigenvalue weighted by Crippen LogP contribution is -2.01. The molecular formula is C41H28O. The lowest BCUT2D eigenvalue weighted by atomic mass is 9.83. The second-order valence-electron chi connectivity index (χ2n) is 11.6. The Kier molecular flexibility index (Phi) is 5.01. The van der Waals surface area contributed by atoms with Crippen LogP contribution in [0.1, 0.15) is 30.4 Å². The summed E-state index contributed by atoms with van der Waals surface area (Å²) >= 11 is 0. The quantitative estimate of drug-likeness (QED) is 0.200. The molecule has 0 fully saturated rings. The molecule has 0 bridgehead atoms. The molecule has 0 aliphatic heterocycles. The normalized spacial score (nSPS) is 14.8. The van der Waals surface area contributed by atoms with Crippen molar-refractivity contribution in [3.05, 3.63) is 139 Å². The summed E-state index contributed by atoms with van der Waals surface area (Å²) in [6.45, 7) is 2.32. The molecule has 0 spiro atoms. The SMILES string of the molecule is CC1CC=Cc2c1c1oc3ccc(-c4c5ccccc5c(-c5ccccc5)c5ccccc45)cc3c1c1ccccc21. The highest BCUT2D eigenvalue weighted by atomic mass is 16.3. The first-order chi connectivity index (χ1) is 20.8. The Hall–Kier alpha value is -5.14. The highest BCUT2D eigenvalue weighted by molar-refractivity contribution is 6.25. The Bertz CT molecular complexity index is 2330. The molecule has 1 unspecified atom stereocenters. The number of hydrogen-bond donors (Lipinski definition) is 0. The van der Waals surface area contributed by atoms with Crippen molar-refractivity contribution in [1.82, 2.24) is 0 Å². The van der Waals surface area contributed by atoms with Crippen molar-refractivity contribution in [3.63, 3.8) is 0 Å². The van der Waals surface area contributed by atoms with Crippen LogP contribution in [0.25, 0.3) is 82.6 Å². The maximum absolute atomic E-state index is 6.74. The number of hydrogen-bond acceptors (Lipinski definition) is 1. The molecule has 1 aliphatic carbocycles. The maximum Gasteiger partial charge on any atom is 0.140 e. The minimum Gasteiger partial charge on any atom is -0.456 e. The first-order valence-corrected chi connectivity index (χ1v) is 14.8. The molecule has 9 rings (SSSR count). The minimum absolute atomic E-state index is 0.413. The molecule has 0 amide bonds. The van der Waals surface area contributed by atoms with Crippen molar-refractivity contribution >= 4 is 60.3 Å². The van der Waals surface area contributed by atoms with Crippen molar-refractivity contribution in [3.8, 4) is 22.3 Å². The van der Waals surface area contributed by atoms with E-state index in [2.05, 4.69) is 140 Å². The van der Waals surface area contributed by atoms with E-state index in [0.29, 0.717) is 5.92 Å². The van der Waals surface area contributed by atoms with E-state index in [1.165, 1.54) is 76.5 Å². The number of fused-ring (bicyclic) bond motifs is 10. The Labute approximate surface area is 244 Å². The molecule has 1 heterocycles. The van der Waals surface area contributed by atoms with Gasteiger partial charge < -0.3 is 4.42 Å². The van der Waals surface area contributed by atoms with Crippen LogP contribution in [0.2, 0.25) is 0 Å². The average molecular weight is 537 g/mol. The van der Waals surface area contributed by atoms with Gasteiger partial charge in [0.1, 0.15) is 11.2 Å². The molecule has 198 valence electrons. The predicted molar refractivity (Wildman–Crippen MR) is 179 cm³/mol. The highest BCUT2D eigenvalue weighted by Gasteiger charge is 2.24. The van der Waals surface area contributed by atoms with Gasteiger partial charge in [0.25, 0.3) is 0 Å². The second kappa shape index (κ2) is 8.93. The summed E-state index contributed by atoms with van der Waals surface area (Å²) in [7, 11) is 0. The fourth-order valence-electron chi connectivity index (χ4n) is 7.45. The standard InChI is InChI=1S/C41H28O/c1-25-12-11-21-29-28-15-5-6-16-30(28)40-35-24-27(22-23-36(35)42-41(40)37(25)29)39-33-19-9-7-17-31(33)38(26-13-3-2-4-14-26)32-18-8-10-20-34(32)39/h2-11,13-25H,12H2,1H3. The zero-order valence-electron chi connectivity index (χ0n) is 23.4. The third-order valence-electron chi connectivity index (χ3n) is 9.26. The monoisotopic (exact) mass is 536 g/mol. The fourth-order valence-corrected chi connectivity index (χ4v) is 7.45. The maximum atomic E-state index is 6.74. The molecule has 1 aromatic heterocycles. The van der Waals surface area contributed by atoms with Crippen LogP contribution < -0.4 is 0 Å². The van der Waals surface area contributed by atoms with Gasteiger partial charge in [0.05, 0.1) is 0 Å². The summed E-state index contributed by atoms with van der Waals surface area (Å²) in [4.78, 5) is 0. The van der Waals surface area contributed by atoms with Crippen molar-refractivity contribution in [1.29, 1.82) is 0 Å². The van der Waals surface area contributed by atoms with Gasteiger partial charge in [-0.2, -0.15) is 0 Å². The van der Waals surface area contributed by atoms with Crippen molar-refractivity contribution in [2.45, 2.75) is 19.3 Å². The Morgan fingerprint density at radius 1 is 0.548 bits per heavy atom. The van der Waals surface area contributed by atoms with Crippen LogP contribution in [0, 0.1) is 0 Å². The molecule has 0 saturated heterocycles. The Morgan fingerprint density at radius 3 is 1.79 bits per heavy atom. The van der Waals surface area contributed by atoms with Crippen LogP contribution in [-0.2, 0) is 0 Å². The molecule has 0 N–H and O–H groups in total. The molecule has 42 heavy (non-hydrogen) atoms. The van der Waals surface area contributed by atoms with Crippen LogP contribution in [0.5, 0.6) is 0 Å². The third kappa shape index (κ3) is 3.25. The van der Waals surface area contributed by atoms with Gasteiger partial charge in [0.15, 0.2) is 0 Å². The number of benzene rings is 7. The van der Waals surface area contributed by atoms with Crippen LogP contribution in [0.15, 0.2) is 132 Å². The molecule has 8 aromatic rings. The smallest absolute Gasteiger partial charge is 0.140 e. The summed E-state index contributed by atoms with van der Waals surface area (Å²) in [6, 6.07) is 44.2. The molecule has 0 saturated carbocycles. The second-order valence-corrected chi connectivity index (χ2v) is 11.6. The summed E-state index contributed by atoms with van der Waals surface area (Å²) in [5.41, 5.74) is 9.66. The fraction of sp³-hybridized carbons (Fsp3) is 0.0732. The van der Waals surface area contributed by atoms with Gasteiger partial charge in [-0.3, -0.25) is 0 Å². The van der Waals surface area contributed by atoms with E-state index in [4.69, 9.17) is 4.42 Å². The summed E-state index contributed by atoms with van der Waals surface area (Å²) in [6.07, 6.45) is 5.64. The lowest BCUT2D eigenvalue weighted by molar-refractivity contribution is 0.650. The van der Waals surface area contributed by atoms with E-state index in [-0.39, 0.29) is 0 Å². The molecule has 1 nitrogen and oxygen atoms in total. The van der Waals surface area contributed by atoms with E-state index in [0.717, 1.165) is 17.6 Å². The number of allylic oxidation sites excluding steroid dienone is 1. The van der Waals surface area contributed by atoms with Crippen molar-refractivity contribution in [2.75, 3.05) is 0 Å². The molecular weight excluding hydrogens is 508 g/mol. The Morgan fingerprint density at radius 2 is 1.12 bits per heavy atom. The zero-order valence-corrected chi connectivity index (χ0v) is 23.4. The van der Waals surface area contributed by atoms with Crippen LogP contribution in [-0.4, -0.2) is 0 Å². The van der Waals surface area contributed by atoms with Gasteiger partial charge in [-0.05, 0) is 84.6 Å². The molecule has 0 radical (unpaired) electrons. The molecule has 1 heteroatoms. The van der Waals surface area contributed by atoms with Crippen LogP contribution in [0.3, 0.4) is 0 Å². The van der Waals surface area contributed by atoms with E-state index < -0.39 is 0 Å². The van der Waals surface area contributed by atoms with Crippen molar-refractivity contribution < 1.29 is 4.42 Å². The largest absolute Gasteiger partial charge is 0.456 e. The van der Waals surface area contributed by atoms with E-state index in [1.54, 1.807) is 0 Å². The van der Waals surface area contributed by atoms with Gasteiger partial charge in [-0.25, -0.2) is 0 Å². The Balaban J connectivity index is 1.41. The number of rotatable bonds is 2. The van der Waals surface area contributed by atoms with Gasteiger partial charge in [0.2, 0.25) is 0 Å². The van der Waals surface area contributed by atoms with E-state index in [1.807, 2.05) is 0 Å². The first kappa shape index (κ1) is 23.6. The van der Waals surface area contributed by atoms with Gasteiger partial charge in [-0.1, -0.05) is 128 Å². The predicted octanol–water partition coefficient (Wildman–Crippen LogP) is 11.9. The van der Waals surface area contributed by atoms with Gasteiger partial charge >= 0.3 is 0 Å². The first-order valence-electron chi connectivity index (χ1n) is 14.8. The average Bonchev–Trinajstić information content (AvgIpc) is 3.43. The zero-order chi connectivity index (χ0) is 27.8. The topological polar surface area (TPSA) is 13.1 Å². The number of furan rings is 1. The van der Waals surface area contributed by atoms with Gasteiger partial charge in [0, 0.05) is 16.3 Å². The van der Waals surface area contributed by atoms with Gasteiger partial charge in [-0.15, -0.1) is 0 Å². The van der Waals surface area contributed by atoms with E-state index in [9.17, 15) is 0 Å². The van der Waals surface area contributed by atoms with E-state index >= 15 is 0 Å². The summed E-state index contributed by atoms with van der Waals surface area (Å²) in [5, 5.41) is 10.1. The van der Waals surface area contributed by atoms with Crippen LogP contribution in [0.4, 0.5) is 0 Å². The lowest BCUT2D eigenvalue weighted by Gasteiger charge is -2.20. The molecule has 1 aliphatic rings. The molecule has 1 atom stereocenters. The highest BCUT2D eigenvalue weighted by Crippen LogP contribution is 2.48. The molecule has 7 aromatic carbocycles. The minimum atomic E-state index is 0.413. The van der Waals surface area contributed by atoms with Crippen LogP contribution >= 0.6 is 0 Å². The van der Waals surface area contributed by atoms with Crippen molar-refractivity contribution in [2.24, 2.45) is 0 Å².